The molecule has 0 aliphatic rings. The second kappa shape index (κ2) is 4.86. The van der Waals surface area contributed by atoms with Gasteiger partial charge in [0.1, 0.15) is 0 Å². The number of carbonyl (C=O) groups is 1. The molecule has 6 heteroatoms. The third-order valence-electron chi connectivity index (χ3n) is 2.23. The van der Waals surface area contributed by atoms with E-state index < -0.39 is 12.1 Å². The van der Waals surface area contributed by atoms with Crippen LogP contribution in [0.3, 0.4) is 0 Å². The first-order valence-corrected chi connectivity index (χ1v) is 5.55. The van der Waals surface area contributed by atoms with E-state index in [0.29, 0.717) is 11.3 Å². The number of thiophene rings is 1. The monoisotopic (exact) mass is 251 g/mol. The van der Waals surface area contributed by atoms with Crippen LogP contribution in [0.25, 0.3) is 0 Å². The first kappa shape index (κ1) is 13.0. The smallest absolute Gasteiger partial charge is 0.338 e. The summed E-state index contributed by atoms with van der Waals surface area (Å²) in [5, 5.41) is 1.89. The van der Waals surface area contributed by atoms with E-state index in [9.17, 15) is 18.0 Å². The van der Waals surface area contributed by atoms with E-state index in [2.05, 4.69) is 0 Å². The standard InChI is InChI=1S/C10H12F3NOS/c1-7-4-6-16-8(7)3-5-14(2)9(15)10(11,12)13/h4,6H,3,5H2,1-2H3. The molecule has 0 bridgehead atoms. The van der Waals surface area contributed by atoms with Crippen LogP contribution in [-0.4, -0.2) is 30.6 Å². The molecule has 2 nitrogen and oxygen atoms in total. The van der Waals surface area contributed by atoms with Crippen LogP contribution in [0.1, 0.15) is 10.4 Å². The molecule has 90 valence electrons. The molecule has 0 aliphatic heterocycles. The lowest BCUT2D eigenvalue weighted by molar-refractivity contribution is -0.184. The van der Waals surface area contributed by atoms with E-state index in [1.807, 2.05) is 18.4 Å². The molecular formula is C10H12F3NOS. The van der Waals surface area contributed by atoms with E-state index in [1.165, 1.54) is 18.4 Å². The maximum absolute atomic E-state index is 12.1. The number of hydrogen-bond acceptors (Lipinski definition) is 2. The Labute approximate surface area is 95.7 Å². The number of halogens is 3. The van der Waals surface area contributed by atoms with Crippen LogP contribution >= 0.6 is 11.3 Å². The number of aryl methyl sites for hydroxylation is 1. The van der Waals surface area contributed by atoms with Crippen molar-refractivity contribution in [3.05, 3.63) is 21.9 Å². The average Bonchev–Trinajstić information content (AvgIpc) is 2.58. The molecule has 0 aromatic carbocycles. The number of amides is 1. The van der Waals surface area contributed by atoms with Gasteiger partial charge in [-0.25, -0.2) is 0 Å². The summed E-state index contributed by atoms with van der Waals surface area (Å²) < 4.78 is 36.2. The Kier molecular flexibility index (Phi) is 3.96. The highest BCUT2D eigenvalue weighted by atomic mass is 32.1. The van der Waals surface area contributed by atoms with Crippen molar-refractivity contribution in [1.82, 2.24) is 4.90 Å². The molecular weight excluding hydrogens is 239 g/mol. The van der Waals surface area contributed by atoms with Crippen LogP contribution in [0.2, 0.25) is 0 Å². The van der Waals surface area contributed by atoms with Crippen molar-refractivity contribution in [2.45, 2.75) is 19.5 Å². The van der Waals surface area contributed by atoms with Crippen LogP contribution < -0.4 is 0 Å². The van der Waals surface area contributed by atoms with Gasteiger partial charge in [-0.2, -0.15) is 13.2 Å². The molecule has 1 amide bonds. The van der Waals surface area contributed by atoms with E-state index in [4.69, 9.17) is 0 Å². The van der Waals surface area contributed by atoms with Crippen molar-refractivity contribution >= 4 is 17.2 Å². The predicted molar refractivity (Wildman–Crippen MR) is 56.5 cm³/mol. The van der Waals surface area contributed by atoms with Crippen molar-refractivity contribution < 1.29 is 18.0 Å². The molecule has 0 N–H and O–H groups in total. The lowest BCUT2D eigenvalue weighted by atomic mass is 10.2. The van der Waals surface area contributed by atoms with E-state index in [0.717, 1.165) is 10.4 Å². The van der Waals surface area contributed by atoms with Gasteiger partial charge in [0.05, 0.1) is 0 Å². The minimum absolute atomic E-state index is 0.0830. The number of likely N-dealkylation sites (N-methyl/N-ethyl adjacent to an activating group) is 1. The fraction of sp³-hybridized carbons (Fsp3) is 0.500. The molecule has 1 heterocycles. The van der Waals surface area contributed by atoms with Gasteiger partial charge in [-0.15, -0.1) is 11.3 Å². The maximum Gasteiger partial charge on any atom is 0.471 e. The van der Waals surface area contributed by atoms with Crippen molar-refractivity contribution in [1.29, 1.82) is 0 Å². The normalized spacial score (nSPS) is 11.6. The molecule has 1 rings (SSSR count). The molecule has 0 spiro atoms. The Morgan fingerprint density at radius 3 is 2.56 bits per heavy atom. The predicted octanol–water partition coefficient (Wildman–Crippen LogP) is 2.62. The van der Waals surface area contributed by atoms with Crippen molar-refractivity contribution in [3.63, 3.8) is 0 Å². The molecule has 0 saturated heterocycles. The van der Waals surface area contributed by atoms with Crippen LogP contribution in [-0.2, 0) is 11.2 Å². The summed E-state index contributed by atoms with van der Waals surface area (Å²) in [4.78, 5) is 12.5. The van der Waals surface area contributed by atoms with Gasteiger partial charge >= 0.3 is 12.1 Å². The van der Waals surface area contributed by atoms with Gasteiger partial charge in [-0.1, -0.05) is 0 Å². The van der Waals surface area contributed by atoms with Crippen LogP contribution in [0.15, 0.2) is 11.4 Å². The van der Waals surface area contributed by atoms with Gasteiger partial charge in [0.25, 0.3) is 0 Å². The average molecular weight is 251 g/mol. The Morgan fingerprint density at radius 2 is 2.12 bits per heavy atom. The molecule has 0 radical (unpaired) electrons. The second-order valence-corrected chi connectivity index (χ2v) is 4.50. The summed E-state index contributed by atoms with van der Waals surface area (Å²) in [6.07, 6.45) is -4.32. The molecule has 0 aliphatic carbocycles. The van der Waals surface area contributed by atoms with Crippen LogP contribution in [0.4, 0.5) is 13.2 Å². The fourth-order valence-corrected chi connectivity index (χ4v) is 2.15. The summed E-state index contributed by atoms with van der Waals surface area (Å²) in [5.74, 6) is -1.79. The van der Waals surface area contributed by atoms with Crippen LogP contribution in [0.5, 0.6) is 0 Å². The number of rotatable bonds is 3. The highest BCUT2D eigenvalue weighted by Gasteiger charge is 2.40. The van der Waals surface area contributed by atoms with Gasteiger partial charge in [-0.05, 0) is 30.4 Å². The number of hydrogen-bond donors (Lipinski definition) is 0. The van der Waals surface area contributed by atoms with E-state index in [-0.39, 0.29) is 6.54 Å². The van der Waals surface area contributed by atoms with E-state index >= 15 is 0 Å². The molecule has 16 heavy (non-hydrogen) atoms. The molecule has 0 saturated carbocycles. The topological polar surface area (TPSA) is 20.3 Å². The van der Waals surface area contributed by atoms with Gasteiger partial charge in [-0.3, -0.25) is 4.79 Å². The first-order valence-electron chi connectivity index (χ1n) is 4.67. The minimum Gasteiger partial charge on any atom is -0.338 e. The summed E-state index contributed by atoms with van der Waals surface area (Å²) in [6, 6.07) is 1.91. The summed E-state index contributed by atoms with van der Waals surface area (Å²) >= 11 is 1.49. The second-order valence-electron chi connectivity index (χ2n) is 3.50. The maximum atomic E-state index is 12.1. The molecule has 0 fully saturated rings. The van der Waals surface area contributed by atoms with Crippen molar-refractivity contribution in [2.75, 3.05) is 13.6 Å². The third-order valence-corrected chi connectivity index (χ3v) is 3.31. The fourth-order valence-electron chi connectivity index (χ4n) is 1.25. The lowest BCUT2D eigenvalue weighted by Gasteiger charge is -2.18. The Hall–Kier alpha value is -1.04. The zero-order valence-electron chi connectivity index (χ0n) is 8.97. The molecule has 0 unspecified atom stereocenters. The van der Waals surface area contributed by atoms with Crippen molar-refractivity contribution in [3.8, 4) is 0 Å². The first-order chi connectivity index (χ1) is 7.32. The summed E-state index contributed by atoms with van der Waals surface area (Å²) in [5.41, 5.74) is 1.05. The summed E-state index contributed by atoms with van der Waals surface area (Å²) in [6.45, 7) is 1.98. The Morgan fingerprint density at radius 1 is 1.50 bits per heavy atom. The number of nitrogens with zero attached hydrogens (tertiary/aromatic N) is 1. The molecule has 1 aromatic rings. The minimum atomic E-state index is -4.78. The zero-order chi connectivity index (χ0) is 12.3. The molecule has 1 aromatic heterocycles. The Bertz CT molecular complexity index is 372. The highest BCUT2D eigenvalue weighted by Crippen LogP contribution is 2.19. The summed E-state index contributed by atoms with van der Waals surface area (Å²) in [7, 11) is 1.17. The van der Waals surface area contributed by atoms with Gasteiger partial charge in [0.2, 0.25) is 0 Å². The molecule has 0 atom stereocenters. The van der Waals surface area contributed by atoms with Crippen molar-refractivity contribution in [2.24, 2.45) is 0 Å². The van der Waals surface area contributed by atoms with Crippen LogP contribution in [0, 0.1) is 6.92 Å². The lowest BCUT2D eigenvalue weighted by Crippen LogP contribution is -2.39. The zero-order valence-corrected chi connectivity index (χ0v) is 9.78. The highest BCUT2D eigenvalue weighted by molar-refractivity contribution is 7.10. The quantitative estimate of drug-likeness (QED) is 0.808. The Balaban J connectivity index is 2.51. The number of carbonyl (C=O) groups excluding carboxylic acids is 1. The van der Waals surface area contributed by atoms with Gasteiger partial charge in [0.15, 0.2) is 0 Å². The largest absolute Gasteiger partial charge is 0.471 e. The SMILES string of the molecule is Cc1ccsc1CCN(C)C(=O)C(F)(F)F. The van der Waals surface area contributed by atoms with Gasteiger partial charge in [0, 0.05) is 18.5 Å². The number of alkyl halides is 3. The van der Waals surface area contributed by atoms with E-state index in [1.54, 1.807) is 0 Å². The van der Waals surface area contributed by atoms with Gasteiger partial charge < -0.3 is 4.90 Å². The third kappa shape index (κ3) is 3.23.